The maximum Gasteiger partial charge on any atom is 0.248 e. The van der Waals surface area contributed by atoms with Crippen LogP contribution in [0.1, 0.15) is 37.3 Å². The Hall–Kier alpha value is -0.0400. The minimum Gasteiger partial charge on any atom is -0.271 e. The second-order valence-corrected chi connectivity index (χ2v) is 6.11. The van der Waals surface area contributed by atoms with E-state index in [4.69, 9.17) is 5.84 Å². The monoisotopic (exact) mass is 324 g/mol. The molecule has 1 heterocycles. The molecule has 1 aromatic rings. The molecule has 0 saturated heterocycles. The van der Waals surface area contributed by atoms with Crippen molar-refractivity contribution in [1.82, 2.24) is 5.43 Å². The molecule has 1 saturated carbocycles. The van der Waals surface area contributed by atoms with Crippen LogP contribution in [0.5, 0.6) is 0 Å². The van der Waals surface area contributed by atoms with Crippen LogP contribution in [0.25, 0.3) is 0 Å². The molecular formula is C11H15BrF2N2S. The molecule has 3 N–H and O–H groups in total. The Labute approximate surface area is 112 Å². The molecule has 1 atom stereocenters. The molecule has 17 heavy (non-hydrogen) atoms. The second kappa shape index (κ2) is 5.30. The molecule has 96 valence electrons. The van der Waals surface area contributed by atoms with E-state index >= 15 is 0 Å². The van der Waals surface area contributed by atoms with Crippen molar-refractivity contribution in [2.75, 3.05) is 0 Å². The molecule has 0 spiro atoms. The average Bonchev–Trinajstić information content (AvgIpc) is 2.69. The quantitative estimate of drug-likeness (QED) is 0.654. The van der Waals surface area contributed by atoms with Crippen LogP contribution in [0.2, 0.25) is 0 Å². The van der Waals surface area contributed by atoms with E-state index in [1.54, 1.807) is 11.3 Å². The topological polar surface area (TPSA) is 38.0 Å². The van der Waals surface area contributed by atoms with Crippen LogP contribution in [0, 0.1) is 5.92 Å². The maximum absolute atomic E-state index is 13.1. The lowest BCUT2D eigenvalue weighted by molar-refractivity contribution is -0.0498. The van der Waals surface area contributed by atoms with Gasteiger partial charge in [0.25, 0.3) is 0 Å². The normalized spacial score (nSPS) is 22.6. The Morgan fingerprint density at radius 3 is 2.53 bits per heavy atom. The highest BCUT2D eigenvalue weighted by atomic mass is 79.9. The van der Waals surface area contributed by atoms with E-state index in [1.165, 1.54) is 0 Å². The van der Waals surface area contributed by atoms with Gasteiger partial charge in [-0.15, -0.1) is 0 Å². The highest BCUT2D eigenvalue weighted by molar-refractivity contribution is 9.10. The van der Waals surface area contributed by atoms with E-state index in [2.05, 4.69) is 21.4 Å². The fourth-order valence-electron chi connectivity index (χ4n) is 2.39. The van der Waals surface area contributed by atoms with Crippen LogP contribution in [-0.2, 0) is 0 Å². The SMILES string of the molecule is NNC(c1cscc1Br)C1CCC(F)(F)CC1. The van der Waals surface area contributed by atoms with Gasteiger partial charge in [0.15, 0.2) is 0 Å². The molecule has 0 aliphatic heterocycles. The number of halogens is 3. The van der Waals surface area contributed by atoms with Gasteiger partial charge in [0.1, 0.15) is 0 Å². The third kappa shape index (κ3) is 3.05. The number of thiophene rings is 1. The van der Waals surface area contributed by atoms with E-state index in [1.807, 2.05) is 10.8 Å². The van der Waals surface area contributed by atoms with Crippen LogP contribution in [0.3, 0.4) is 0 Å². The molecule has 6 heteroatoms. The zero-order valence-corrected chi connectivity index (χ0v) is 11.7. The zero-order chi connectivity index (χ0) is 12.5. The van der Waals surface area contributed by atoms with Gasteiger partial charge >= 0.3 is 0 Å². The first-order valence-corrected chi connectivity index (χ1v) is 7.32. The predicted molar refractivity (Wildman–Crippen MR) is 69.0 cm³/mol. The standard InChI is InChI=1S/C11H15BrF2N2S/c12-9-6-17-5-8(9)10(16-15)7-1-3-11(13,14)4-2-7/h5-7,10,16H,1-4,15H2. The number of hydrogen-bond donors (Lipinski definition) is 2. The van der Waals surface area contributed by atoms with Crippen molar-refractivity contribution in [2.24, 2.45) is 11.8 Å². The Morgan fingerprint density at radius 1 is 1.41 bits per heavy atom. The van der Waals surface area contributed by atoms with Gasteiger partial charge < -0.3 is 0 Å². The summed E-state index contributed by atoms with van der Waals surface area (Å²) in [6.45, 7) is 0. The predicted octanol–water partition coefficient (Wildman–Crippen LogP) is 3.84. The summed E-state index contributed by atoms with van der Waals surface area (Å²) in [7, 11) is 0. The van der Waals surface area contributed by atoms with Gasteiger partial charge in [-0.1, -0.05) is 0 Å². The second-order valence-electron chi connectivity index (χ2n) is 4.51. The number of hydrazine groups is 1. The Balaban J connectivity index is 2.08. The minimum atomic E-state index is -2.48. The summed E-state index contributed by atoms with van der Waals surface area (Å²) in [4.78, 5) is 0. The molecule has 1 unspecified atom stereocenters. The molecule has 1 aromatic heterocycles. The van der Waals surface area contributed by atoms with Gasteiger partial charge in [-0.2, -0.15) is 11.3 Å². The van der Waals surface area contributed by atoms with E-state index in [-0.39, 0.29) is 24.8 Å². The summed E-state index contributed by atoms with van der Waals surface area (Å²) in [5, 5.41) is 4.00. The smallest absolute Gasteiger partial charge is 0.248 e. The van der Waals surface area contributed by atoms with Gasteiger partial charge in [0, 0.05) is 22.7 Å². The lowest BCUT2D eigenvalue weighted by atomic mass is 9.80. The summed E-state index contributed by atoms with van der Waals surface area (Å²) in [5.74, 6) is 3.28. The Morgan fingerprint density at radius 2 is 2.06 bits per heavy atom. The van der Waals surface area contributed by atoms with Crippen molar-refractivity contribution < 1.29 is 8.78 Å². The fraction of sp³-hybridized carbons (Fsp3) is 0.636. The molecule has 0 amide bonds. The molecule has 2 nitrogen and oxygen atoms in total. The van der Waals surface area contributed by atoms with Crippen molar-refractivity contribution in [3.8, 4) is 0 Å². The number of nitrogens with one attached hydrogen (secondary N) is 1. The number of rotatable bonds is 3. The van der Waals surface area contributed by atoms with E-state index in [9.17, 15) is 8.78 Å². The van der Waals surface area contributed by atoms with Crippen LogP contribution in [-0.4, -0.2) is 5.92 Å². The molecule has 1 aliphatic rings. The van der Waals surface area contributed by atoms with Crippen molar-refractivity contribution in [3.63, 3.8) is 0 Å². The lowest BCUT2D eigenvalue weighted by Crippen LogP contribution is -2.37. The first kappa shape index (κ1) is 13.4. The molecule has 1 aliphatic carbocycles. The number of nitrogens with two attached hydrogens (primary N) is 1. The highest BCUT2D eigenvalue weighted by Gasteiger charge is 2.38. The molecule has 0 aromatic carbocycles. The maximum atomic E-state index is 13.1. The lowest BCUT2D eigenvalue weighted by Gasteiger charge is -2.33. The van der Waals surface area contributed by atoms with E-state index in [0.717, 1.165) is 10.0 Å². The van der Waals surface area contributed by atoms with Crippen LogP contribution >= 0.6 is 27.3 Å². The Bertz CT molecular complexity index is 373. The van der Waals surface area contributed by atoms with Gasteiger partial charge in [-0.3, -0.25) is 11.3 Å². The van der Waals surface area contributed by atoms with E-state index < -0.39 is 5.92 Å². The molecular weight excluding hydrogens is 310 g/mol. The fourth-order valence-corrected chi connectivity index (χ4v) is 3.97. The molecule has 0 bridgehead atoms. The molecule has 2 rings (SSSR count). The van der Waals surface area contributed by atoms with Gasteiger partial charge in [-0.05, 0) is 45.6 Å². The van der Waals surface area contributed by atoms with Crippen LogP contribution in [0.4, 0.5) is 8.78 Å². The van der Waals surface area contributed by atoms with Gasteiger partial charge in [-0.25, -0.2) is 8.78 Å². The van der Waals surface area contributed by atoms with Gasteiger partial charge in [0.2, 0.25) is 5.92 Å². The largest absolute Gasteiger partial charge is 0.271 e. The number of alkyl halides is 2. The van der Waals surface area contributed by atoms with E-state index in [0.29, 0.717) is 12.8 Å². The van der Waals surface area contributed by atoms with Crippen LogP contribution in [0.15, 0.2) is 15.2 Å². The highest BCUT2D eigenvalue weighted by Crippen LogP contribution is 2.42. The minimum absolute atomic E-state index is 0.0302. The number of hydrogen-bond acceptors (Lipinski definition) is 3. The summed E-state index contributed by atoms with van der Waals surface area (Å²) in [5.41, 5.74) is 3.85. The first-order valence-electron chi connectivity index (χ1n) is 5.59. The van der Waals surface area contributed by atoms with Crippen molar-refractivity contribution in [2.45, 2.75) is 37.6 Å². The van der Waals surface area contributed by atoms with Crippen LogP contribution < -0.4 is 11.3 Å². The first-order chi connectivity index (χ1) is 8.03. The van der Waals surface area contributed by atoms with Crippen molar-refractivity contribution in [3.05, 3.63) is 20.8 Å². The zero-order valence-electron chi connectivity index (χ0n) is 9.26. The van der Waals surface area contributed by atoms with Crippen molar-refractivity contribution >= 4 is 27.3 Å². The van der Waals surface area contributed by atoms with Gasteiger partial charge in [0.05, 0.1) is 6.04 Å². The molecule has 0 radical (unpaired) electrons. The average molecular weight is 325 g/mol. The summed E-state index contributed by atoms with van der Waals surface area (Å²) in [6.07, 6.45) is 0.976. The molecule has 1 fully saturated rings. The van der Waals surface area contributed by atoms with Crippen molar-refractivity contribution in [1.29, 1.82) is 0 Å². The third-order valence-corrected chi connectivity index (χ3v) is 5.14. The Kier molecular flexibility index (Phi) is 4.18. The third-order valence-electron chi connectivity index (χ3n) is 3.39. The summed E-state index contributed by atoms with van der Waals surface area (Å²) in [6, 6.07) is -0.0354. The summed E-state index contributed by atoms with van der Waals surface area (Å²) < 4.78 is 27.2. The summed E-state index contributed by atoms with van der Waals surface area (Å²) >= 11 is 5.05.